The molecule has 1 fully saturated rings. The number of nitrogens with one attached hydrogen (secondary N) is 1. The predicted molar refractivity (Wildman–Crippen MR) is 97.5 cm³/mol. The van der Waals surface area contributed by atoms with E-state index in [9.17, 15) is 17.6 Å². The molecule has 10 heteroatoms. The third-order valence-electron chi connectivity index (χ3n) is 4.51. The number of hydrogen-bond donors (Lipinski definition) is 1. The Hall–Kier alpha value is -1.97. The molecule has 146 valence electrons. The number of carbonyl (C=O) groups excluding carboxylic acids is 1. The van der Waals surface area contributed by atoms with Gasteiger partial charge in [0.25, 0.3) is 0 Å². The van der Waals surface area contributed by atoms with Crippen LogP contribution in [0.5, 0.6) is 0 Å². The zero-order chi connectivity index (χ0) is 19.8. The van der Waals surface area contributed by atoms with Gasteiger partial charge in [0.1, 0.15) is 16.4 Å². The maximum absolute atomic E-state index is 13.9. The van der Waals surface area contributed by atoms with E-state index >= 15 is 0 Å². The first-order valence-corrected chi connectivity index (χ1v) is 10.2. The largest absolute Gasteiger partial charge is 0.360 e. The van der Waals surface area contributed by atoms with E-state index in [1.165, 1.54) is 23.4 Å². The molecule has 0 radical (unpaired) electrons. The van der Waals surface area contributed by atoms with Crippen LogP contribution in [0.3, 0.4) is 0 Å². The Morgan fingerprint density at radius 2 is 2.15 bits per heavy atom. The molecule has 1 aromatic heterocycles. The number of rotatable bonds is 4. The van der Waals surface area contributed by atoms with Crippen LogP contribution < -0.4 is 5.32 Å². The van der Waals surface area contributed by atoms with Gasteiger partial charge in [-0.1, -0.05) is 16.8 Å². The maximum atomic E-state index is 13.9. The minimum atomic E-state index is -3.83. The van der Waals surface area contributed by atoms with Crippen molar-refractivity contribution in [2.75, 3.05) is 18.4 Å². The first-order valence-electron chi connectivity index (χ1n) is 8.39. The average molecular weight is 416 g/mol. The summed E-state index contributed by atoms with van der Waals surface area (Å²) >= 11 is 5.71. The summed E-state index contributed by atoms with van der Waals surface area (Å²) in [4.78, 5) is 12.6. The Morgan fingerprint density at radius 1 is 1.41 bits per heavy atom. The second-order valence-corrected chi connectivity index (χ2v) is 8.78. The van der Waals surface area contributed by atoms with E-state index in [0.717, 1.165) is 6.07 Å². The summed E-state index contributed by atoms with van der Waals surface area (Å²) in [5.74, 6) is -1.46. The minimum absolute atomic E-state index is 0.00738. The summed E-state index contributed by atoms with van der Waals surface area (Å²) in [7, 11) is -3.83. The van der Waals surface area contributed by atoms with E-state index in [1.807, 2.05) is 0 Å². The van der Waals surface area contributed by atoms with Crippen LogP contribution in [0.15, 0.2) is 27.6 Å². The Kier molecular flexibility index (Phi) is 5.55. The predicted octanol–water partition coefficient (Wildman–Crippen LogP) is 3.12. The SMILES string of the molecule is Cc1noc(C)c1S(=O)(=O)N1CCCC(C(=O)Nc2ccc(Cl)cc2F)C1. The fraction of sp³-hybridized carbons (Fsp3) is 0.412. The van der Waals surface area contributed by atoms with Crippen LogP contribution >= 0.6 is 11.6 Å². The third-order valence-corrected chi connectivity index (χ3v) is 6.86. The fourth-order valence-electron chi connectivity index (χ4n) is 3.17. The van der Waals surface area contributed by atoms with Gasteiger partial charge in [0, 0.05) is 18.1 Å². The number of halogens is 2. The molecule has 1 aromatic carbocycles. The lowest BCUT2D eigenvalue weighted by atomic mass is 9.98. The van der Waals surface area contributed by atoms with Crippen molar-refractivity contribution in [1.29, 1.82) is 0 Å². The van der Waals surface area contributed by atoms with E-state index in [-0.39, 0.29) is 33.6 Å². The Labute approximate surface area is 161 Å². The zero-order valence-electron chi connectivity index (χ0n) is 14.8. The van der Waals surface area contributed by atoms with Crippen LogP contribution in [0.4, 0.5) is 10.1 Å². The number of hydrogen-bond acceptors (Lipinski definition) is 5. The highest BCUT2D eigenvalue weighted by Gasteiger charge is 2.36. The molecule has 1 aliphatic heterocycles. The van der Waals surface area contributed by atoms with Gasteiger partial charge >= 0.3 is 0 Å². The Bertz CT molecular complexity index is 957. The van der Waals surface area contributed by atoms with Gasteiger partial charge in [-0.15, -0.1) is 0 Å². The van der Waals surface area contributed by atoms with Crippen LogP contribution in [0, 0.1) is 25.6 Å². The number of aromatic nitrogens is 1. The summed E-state index contributed by atoms with van der Waals surface area (Å²) in [5, 5.41) is 6.43. The third kappa shape index (κ3) is 3.99. The van der Waals surface area contributed by atoms with Gasteiger partial charge in [0.15, 0.2) is 5.76 Å². The van der Waals surface area contributed by atoms with E-state index in [1.54, 1.807) is 6.92 Å². The molecule has 2 aromatic rings. The summed E-state index contributed by atoms with van der Waals surface area (Å²) in [5.41, 5.74) is 0.289. The molecule has 1 N–H and O–H groups in total. The molecule has 0 spiro atoms. The van der Waals surface area contributed by atoms with Crippen LogP contribution in [-0.2, 0) is 14.8 Å². The van der Waals surface area contributed by atoms with Crippen LogP contribution in [0.25, 0.3) is 0 Å². The number of aryl methyl sites for hydroxylation is 2. The molecular weight excluding hydrogens is 397 g/mol. The lowest BCUT2D eigenvalue weighted by Crippen LogP contribution is -2.44. The number of anilines is 1. The molecule has 27 heavy (non-hydrogen) atoms. The van der Waals surface area contributed by atoms with Crippen molar-refractivity contribution >= 4 is 33.2 Å². The molecule has 3 rings (SSSR count). The Morgan fingerprint density at radius 3 is 2.78 bits per heavy atom. The summed E-state index contributed by atoms with van der Waals surface area (Å²) < 4.78 is 46.0. The minimum Gasteiger partial charge on any atom is -0.360 e. The standard InChI is InChI=1S/C17H19ClFN3O4S/c1-10-16(11(2)26-21-10)27(24,25)22-7-3-4-12(9-22)17(23)20-15-6-5-13(18)8-14(15)19/h5-6,8,12H,3-4,7,9H2,1-2H3,(H,20,23). The van der Waals surface area contributed by atoms with Gasteiger partial charge in [0.2, 0.25) is 15.9 Å². The van der Waals surface area contributed by atoms with Crippen LogP contribution in [0.2, 0.25) is 5.02 Å². The van der Waals surface area contributed by atoms with Crippen molar-refractivity contribution < 1.29 is 22.1 Å². The van der Waals surface area contributed by atoms with Crippen LogP contribution in [0.1, 0.15) is 24.3 Å². The second-order valence-electron chi connectivity index (χ2n) is 6.47. The number of amides is 1. The molecule has 1 unspecified atom stereocenters. The van der Waals surface area contributed by atoms with Gasteiger partial charge in [-0.25, -0.2) is 12.8 Å². The van der Waals surface area contributed by atoms with Gasteiger partial charge < -0.3 is 9.84 Å². The van der Waals surface area contributed by atoms with Crippen molar-refractivity contribution in [3.05, 3.63) is 40.5 Å². The molecule has 0 aliphatic carbocycles. The van der Waals surface area contributed by atoms with Crippen molar-refractivity contribution in [3.63, 3.8) is 0 Å². The summed E-state index contributed by atoms with van der Waals surface area (Å²) in [6.07, 6.45) is 1.03. The van der Waals surface area contributed by atoms with Gasteiger partial charge in [0.05, 0.1) is 11.6 Å². The van der Waals surface area contributed by atoms with E-state index in [2.05, 4.69) is 10.5 Å². The van der Waals surface area contributed by atoms with Crippen LogP contribution in [-0.4, -0.2) is 36.9 Å². The molecular formula is C17H19ClFN3O4S. The van der Waals surface area contributed by atoms with Crippen molar-refractivity contribution in [2.45, 2.75) is 31.6 Å². The molecule has 2 heterocycles. The molecule has 1 atom stereocenters. The monoisotopic (exact) mass is 415 g/mol. The molecule has 7 nitrogen and oxygen atoms in total. The number of piperidine rings is 1. The highest BCUT2D eigenvalue weighted by Crippen LogP contribution is 2.28. The number of benzene rings is 1. The molecule has 1 saturated heterocycles. The van der Waals surface area contributed by atoms with E-state index in [0.29, 0.717) is 19.4 Å². The Balaban J connectivity index is 1.76. The van der Waals surface area contributed by atoms with Crippen molar-refractivity contribution in [2.24, 2.45) is 5.92 Å². The van der Waals surface area contributed by atoms with Gasteiger partial charge in [-0.3, -0.25) is 4.79 Å². The summed E-state index contributed by atoms with van der Waals surface area (Å²) in [6, 6.07) is 3.94. The molecule has 1 aliphatic rings. The lowest BCUT2D eigenvalue weighted by Gasteiger charge is -2.31. The van der Waals surface area contributed by atoms with Gasteiger partial charge in [-0.05, 0) is 44.9 Å². The van der Waals surface area contributed by atoms with Gasteiger partial charge in [-0.2, -0.15) is 4.31 Å². The molecule has 0 bridgehead atoms. The number of nitrogens with zero attached hydrogens (tertiary/aromatic N) is 2. The first kappa shape index (κ1) is 19.8. The number of sulfonamides is 1. The maximum Gasteiger partial charge on any atom is 0.248 e. The van der Waals surface area contributed by atoms with E-state index in [4.69, 9.17) is 16.1 Å². The topological polar surface area (TPSA) is 92.5 Å². The van der Waals surface area contributed by atoms with Crippen molar-refractivity contribution in [3.8, 4) is 0 Å². The second kappa shape index (κ2) is 7.57. The summed E-state index contributed by atoms with van der Waals surface area (Å²) in [6.45, 7) is 3.39. The lowest BCUT2D eigenvalue weighted by molar-refractivity contribution is -0.120. The highest BCUT2D eigenvalue weighted by molar-refractivity contribution is 7.89. The number of carbonyl (C=O) groups is 1. The zero-order valence-corrected chi connectivity index (χ0v) is 16.4. The quantitative estimate of drug-likeness (QED) is 0.828. The first-order chi connectivity index (χ1) is 12.7. The van der Waals surface area contributed by atoms with E-state index < -0.39 is 27.7 Å². The average Bonchev–Trinajstić information content (AvgIpc) is 2.96. The van der Waals surface area contributed by atoms with Crippen molar-refractivity contribution in [1.82, 2.24) is 9.46 Å². The highest BCUT2D eigenvalue weighted by atomic mass is 35.5. The molecule has 1 amide bonds. The molecule has 0 saturated carbocycles. The fourth-order valence-corrected chi connectivity index (χ4v) is 5.15. The normalized spacial score (nSPS) is 18.4. The smallest absolute Gasteiger partial charge is 0.248 e.